The first-order valence-electron chi connectivity index (χ1n) is 11.2. The summed E-state index contributed by atoms with van der Waals surface area (Å²) in [5.41, 5.74) is -2.46. The number of anilines is 1. The maximum atomic E-state index is 14.6. The van der Waals surface area contributed by atoms with Crippen LogP contribution in [0.15, 0.2) is 65.1 Å². The van der Waals surface area contributed by atoms with Crippen LogP contribution in [-0.2, 0) is 15.4 Å². The van der Waals surface area contributed by atoms with Gasteiger partial charge in [0.05, 0.1) is 0 Å². The third-order valence-corrected chi connectivity index (χ3v) is 6.32. The minimum absolute atomic E-state index is 0.0916. The smallest absolute Gasteiger partial charge is 0.332 e. The fourth-order valence-electron chi connectivity index (χ4n) is 3.43. The van der Waals surface area contributed by atoms with Gasteiger partial charge in [0.1, 0.15) is 0 Å². The maximum Gasteiger partial charge on any atom is 0.527 e. The van der Waals surface area contributed by atoms with Crippen molar-refractivity contribution in [2.75, 3.05) is 5.32 Å². The highest BCUT2D eigenvalue weighted by molar-refractivity contribution is 9.10. The van der Waals surface area contributed by atoms with Gasteiger partial charge in [-0.15, -0.1) is 13.2 Å². The zero-order valence-corrected chi connectivity index (χ0v) is 23.1. The molecule has 0 heterocycles. The average molecular weight is 735 g/mol. The van der Waals surface area contributed by atoms with E-state index in [1.54, 1.807) is 29.0 Å². The number of thiocarbonyl (C=S) groups is 1. The second-order valence-corrected chi connectivity index (χ2v) is 9.74. The topological polar surface area (TPSA) is 59.6 Å². The Hall–Kier alpha value is -3.23. The molecule has 20 heteroatoms. The Balaban J connectivity index is 1.80. The molecule has 0 spiro atoms. The number of carbonyl (C=O) groups excluding carboxylic acids is 1. The summed E-state index contributed by atoms with van der Waals surface area (Å²) in [4.78, 5) is 12.7. The largest absolute Gasteiger partial charge is 0.527 e. The van der Waals surface area contributed by atoms with E-state index >= 15 is 0 Å². The molecule has 0 radical (unpaired) electrons. The van der Waals surface area contributed by atoms with Gasteiger partial charge in [0, 0.05) is 21.3 Å². The Labute approximate surface area is 250 Å². The number of hydrogen-bond acceptors (Lipinski definition) is 4. The lowest BCUT2D eigenvalue weighted by atomic mass is 10.0. The van der Waals surface area contributed by atoms with E-state index in [0.717, 1.165) is 6.07 Å². The van der Waals surface area contributed by atoms with Crippen molar-refractivity contribution in [1.29, 1.82) is 0 Å². The minimum atomic E-state index is -7.54. The number of benzene rings is 3. The number of rotatable bonds is 9. The molecular weight excluding hydrogens is 723 g/mol. The van der Waals surface area contributed by atoms with Crippen molar-refractivity contribution in [3.8, 4) is 0 Å². The van der Waals surface area contributed by atoms with Gasteiger partial charge in [-0.1, -0.05) is 52.3 Å². The van der Waals surface area contributed by atoms with Crippen LogP contribution in [-0.4, -0.2) is 41.6 Å². The van der Waals surface area contributed by atoms with Crippen molar-refractivity contribution in [3.63, 3.8) is 0 Å². The lowest BCUT2D eigenvalue weighted by molar-refractivity contribution is -0.535. The van der Waals surface area contributed by atoms with Crippen LogP contribution in [0.4, 0.5) is 62.8 Å². The number of alkyl halides is 13. The monoisotopic (exact) mass is 734 g/mol. The molecule has 0 aliphatic rings. The predicted molar refractivity (Wildman–Crippen MR) is 134 cm³/mol. The van der Waals surface area contributed by atoms with Gasteiger partial charge in [0.25, 0.3) is 5.91 Å². The standard InChI is InChI=1S/C24H12BrF13N2O3S/c25-16-9-3-6-13-14(16)7-2-8-15(13)17(41)40-18(44)39-12-5-1-4-11(10-12)19(26,27)21(30,31)42-22(32,33)20(28,29)23(34,35)43-24(36,37)38/h1-10H,(H2,39,40,41,44). The van der Waals surface area contributed by atoms with Crippen molar-refractivity contribution >= 4 is 55.6 Å². The van der Waals surface area contributed by atoms with Crippen molar-refractivity contribution < 1.29 is 71.3 Å². The molecule has 0 aliphatic carbocycles. The van der Waals surface area contributed by atoms with E-state index in [1.807, 2.05) is 0 Å². The Morgan fingerprint density at radius 2 is 1.25 bits per heavy atom. The number of carbonyl (C=O) groups is 1. The first-order chi connectivity index (χ1) is 19.9. The molecule has 2 N–H and O–H groups in total. The van der Waals surface area contributed by atoms with Crippen molar-refractivity contribution in [2.24, 2.45) is 0 Å². The van der Waals surface area contributed by atoms with Crippen LogP contribution >= 0.6 is 28.1 Å². The van der Waals surface area contributed by atoms with E-state index in [2.05, 4.69) is 31.3 Å². The van der Waals surface area contributed by atoms with Crippen LogP contribution in [0.3, 0.4) is 0 Å². The molecule has 0 fully saturated rings. The molecule has 0 unspecified atom stereocenters. The van der Waals surface area contributed by atoms with E-state index in [-0.39, 0.29) is 17.7 Å². The normalized spacial score (nSPS) is 13.6. The molecule has 0 atom stereocenters. The Bertz CT molecular complexity index is 1570. The van der Waals surface area contributed by atoms with Crippen LogP contribution < -0.4 is 10.6 Å². The first-order valence-corrected chi connectivity index (χ1v) is 12.4. The molecule has 5 nitrogen and oxygen atoms in total. The highest BCUT2D eigenvalue weighted by atomic mass is 79.9. The van der Waals surface area contributed by atoms with Crippen molar-refractivity contribution in [3.05, 3.63) is 76.3 Å². The third kappa shape index (κ3) is 7.18. The van der Waals surface area contributed by atoms with E-state index in [0.29, 0.717) is 21.3 Å². The summed E-state index contributed by atoms with van der Waals surface area (Å²) in [6, 6.07) is 11.3. The lowest BCUT2D eigenvalue weighted by Crippen LogP contribution is -2.61. The third-order valence-electron chi connectivity index (χ3n) is 5.42. The summed E-state index contributed by atoms with van der Waals surface area (Å²) < 4.78 is 178. The second kappa shape index (κ2) is 11.9. The quantitative estimate of drug-likeness (QED) is 0.170. The zero-order chi connectivity index (χ0) is 33.5. The first kappa shape index (κ1) is 35.3. The van der Waals surface area contributed by atoms with Crippen molar-refractivity contribution in [2.45, 2.75) is 36.5 Å². The number of nitrogens with one attached hydrogen (secondary N) is 2. The SMILES string of the molecule is O=C(NC(=S)Nc1cccc(C(F)(F)C(F)(F)OC(F)(F)C(F)(F)C(F)(F)OC(F)(F)F)c1)c1cccc2c(Br)cccc12. The number of hydrogen-bond donors (Lipinski definition) is 2. The Morgan fingerprint density at radius 3 is 1.86 bits per heavy atom. The van der Waals surface area contributed by atoms with Crippen LogP contribution in [0.1, 0.15) is 15.9 Å². The second-order valence-electron chi connectivity index (χ2n) is 8.48. The van der Waals surface area contributed by atoms with Gasteiger partial charge in [0.2, 0.25) is 0 Å². The van der Waals surface area contributed by atoms with Crippen LogP contribution in [0, 0.1) is 0 Å². The molecule has 1 amide bonds. The summed E-state index contributed by atoms with van der Waals surface area (Å²) in [7, 11) is 0. The van der Waals surface area contributed by atoms with E-state index in [1.165, 1.54) is 12.1 Å². The highest BCUT2D eigenvalue weighted by Gasteiger charge is 2.80. The number of ether oxygens (including phenoxy) is 2. The predicted octanol–water partition coefficient (Wildman–Crippen LogP) is 8.79. The fraction of sp³-hybridized carbons (Fsp3) is 0.250. The van der Waals surface area contributed by atoms with Crippen LogP contribution in [0.2, 0.25) is 0 Å². The number of halogens is 14. The summed E-state index contributed by atoms with van der Waals surface area (Å²) in [5.74, 6) is -14.4. The van der Waals surface area contributed by atoms with Gasteiger partial charge < -0.3 is 5.32 Å². The molecule has 3 rings (SSSR count). The molecule has 0 saturated heterocycles. The van der Waals surface area contributed by atoms with E-state index in [4.69, 9.17) is 12.2 Å². The lowest BCUT2D eigenvalue weighted by Gasteiger charge is -2.35. The van der Waals surface area contributed by atoms with Crippen LogP contribution in [0.25, 0.3) is 10.8 Å². The van der Waals surface area contributed by atoms with E-state index < -0.39 is 58.8 Å². The Kier molecular flexibility index (Phi) is 9.56. The molecule has 0 saturated carbocycles. The molecule has 44 heavy (non-hydrogen) atoms. The van der Waals surface area contributed by atoms with Gasteiger partial charge in [-0.2, -0.15) is 43.9 Å². The molecule has 0 aromatic heterocycles. The molecule has 3 aromatic carbocycles. The number of amides is 1. The highest BCUT2D eigenvalue weighted by Crippen LogP contribution is 2.54. The zero-order valence-electron chi connectivity index (χ0n) is 20.7. The van der Waals surface area contributed by atoms with E-state index in [9.17, 15) is 61.9 Å². The van der Waals surface area contributed by atoms with Gasteiger partial charge in [0.15, 0.2) is 5.11 Å². The molecular formula is C24H12BrF13N2O3S. The average Bonchev–Trinajstić information content (AvgIpc) is 2.86. The maximum absolute atomic E-state index is 14.6. The van der Waals surface area contributed by atoms with Gasteiger partial charge >= 0.3 is 36.5 Å². The fourth-order valence-corrected chi connectivity index (χ4v) is 4.14. The van der Waals surface area contributed by atoms with Gasteiger partial charge in [-0.3, -0.25) is 10.1 Å². The molecule has 0 aliphatic heterocycles. The van der Waals surface area contributed by atoms with Gasteiger partial charge in [-0.25, -0.2) is 9.47 Å². The molecule has 240 valence electrons. The Morgan fingerprint density at radius 1 is 0.705 bits per heavy atom. The van der Waals surface area contributed by atoms with Crippen LogP contribution in [0.5, 0.6) is 0 Å². The summed E-state index contributed by atoms with van der Waals surface area (Å²) >= 11 is 8.20. The molecule has 0 bridgehead atoms. The summed E-state index contributed by atoms with van der Waals surface area (Å²) in [5, 5.41) is 4.83. The molecule has 3 aromatic rings. The van der Waals surface area contributed by atoms with Crippen molar-refractivity contribution in [1.82, 2.24) is 5.32 Å². The van der Waals surface area contributed by atoms with Gasteiger partial charge in [-0.05, 0) is 47.3 Å². The summed E-state index contributed by atoms with van der Waals surface area (Å²) in [6.07, 6.45) is -28.0. The number of fused-ring (bicyclic) bond motifs is 1. The minimum Gasteiger partial charge on any atom is -0.332 e. The summed E-state index contributed by atoms with van der Waals surface area (Å²) in [6.45, 7) is 0.